The average Bonchev–Trinajstić information content (AvgIpc) is 2.91. The Bertz CT molecular complexity index is 347. The summed E-state index contributed by atoms with van der Waals surface area (Å²) in [4.78, 5) is 11.4. The van der Waals surface area contributed by atoms with Gasteiger partial charge in [0.25, 0.3) is 0 Å². The van der Waals surface area contributed by atoms with Crippen molar-refractivity contribution in [2.24, 2.45) is 0 Å². The fourth-order valence-corrected chi connectivity index (χ4v) is 1.49. The Labute approximate surface area is 83.0 Å². The van der Waals surface area contributed by atoms with Gasteiger partial charge in [-0.25, -0.2) is 4.79 Å². The largest absolute Gasteiger partial charge is 0.465 e. The van der Waals surface area contributed by atoms with E-state index >= 15 is 0 Å². The maximum Gasteiger partial charge on any atom is 0.341 e. The van der Waals surface area contributed by atoms with Gasteiger partial charge in [0.1, 0.15) is 17.1 Å². The van der Waals surface area contributed by atoms with Gasteiger partial charge in [0.05, 0.1) is 6.61 Å². The number of carbonyl (C=O) groups excluding carboxylic acids is 1. The molecular formula is C11H14O3. The van der Waals surface area contributed by atoms with Crippen molar-refractivity contribution in [1.82, 2.24) is 0 Å². The van der Waals surface area contributed by atoms with Crippen molar-refractivity contribution in [1.29, 1.82) is 0 Å². The molecule has 1 heterocycles. The number of aryl methyl sites for hydroxylation is 1. The molecule has 0 saturated heterocycles. The second-order valence-electron chi connectivity index (χ2n) is 3.61. The summed E-state index contributed by atoms with van der Waals surface area (Å²) in [6, 6.07) is 1.82. The number of esters is 1. The van der Waals surface area contributed by atoms with Crippen LogP contribution in [0.2, 0.25) is 0 Å². The predicted octanol–water partition coefficient (Wildman–Crippen LogP) is 2.64. The first kappa shape index (κ1) is 9.31. The molecule has 0 atom stereocenters. The van der Waals surface area contributed by atoms with E-state index < -0.39 is 0 Å². The Balaban J connectivity index is 2.19. The van der Waals surface area contributed by atoms with Crippen LogP contribution < -0.4 is 0 Å². The molecule has 3 nitrogen and oxygen atoms in total. The zero-order valence-corrected chi connectivity index (χ0v) is 8.50. The molecular weight excluding hydrogens is 180 g/mol. The lowest BCUT2D eigenvalue weighted by atomic mass is 10.2. The molecule has 0 bridgehead atoms. The van der Waals surface area contributed by atoms with Gasteiger partial charge in [-0.05, 0) is 32.8 Å². The van der Waals surface area contributed by atoms with Crippen LogP contribution in [0.1, 0.15) is 47.6 Å². The maximum absolute atomic E-state index is 11.4. The van der Waals surface area contributed by atoms with Gasteiger partial charge in [-0.15, -0.1) is 0 Å². The first-order valence-corrected chi connectivity index (χ1v) is 4.99. The number of rotatable bonds is 3. The van der Waals surface area contributed by atoms with Crippen LogP contribution in [0.3, 0.4) is 0 Å². The second-order valence-corrected chi connectivity index (χ2v) is 3.61. The third-order valence-electron chi connectivity index (χ3n) is 2.41. The molecule has 14 heavy (non-hydrogen) atoms. The van der Waals surface area contributed by atoms with Gasteiger partial charge < -0.3 is 9.15 Å². The Morgan fingerprint density at radius 1 is 1.64 bits per heavy atom. The van der Waals surface area contributed by atoms with Crippen molar-refractivity contribution in [2.45, 2.75) is 32.6 Å². The molecule has 2 rings (SSSR count). The van der Waals surface area contributed by atoms with E-state index in [4.69, 9.17) is 9.15 Å². The highest BCUT2D eigenvalue weighted by Gasteiger charge is 2.29. The average molecular weight is 194 g/mol. The normalized spacial score (nSPS) is 15.6. The third-order valence-corrected chi connectivity index (χ3v) is 2.41. The van der Waals surface area contributed by atoms with Crippen LogP contribution in [0.4, 0.5) is 0 Å². The van der Waals surface area contributed by atoms with E-state index in [0.29, 0.717) is 23.8 Å². The van der Waals surface area contributed by atoms with Crippen molar-refractivity contribution in [3.63, 3.8) is 0 Å². The molecule has 1 aromatic rings. The molecule has 0 aromatic carbocycles. The van der Waals surface area contributed by atoms with Crippen molar-refractivity contribution >= 4 is 5.97 Å². The minimum Gasteiger partial charge on any atom is -0.465 e. The van der Waals surface area contributed by atoms with E-state index in [-0.39, 0.29) is 5.97 Å². The van der Waals surface area contributed by atoms with E-state index in [1.165, 1.54) is 12.8 Å². The number of hydrogen-bond donors (Lipinski definition) is 0. The minimum absolute atomic E-state index is 0.277. The summed E-state index contributed by atoms with van der Waals surface area (Å²) in [5.74, 6) is 1.87. The SMILES string of the molecule is CCOC(=O)c1cc(C2CC2)oc1C. The first-order chi connectivity index (χ1) is 6.72. The lowest BCUT2D eigenvalue weighted by Crippen LogP contribution is -2.04. The Hall–Kier alpha value is -1.25. The monoisotopic (exact) mass is 194 g/mol. The van der Waals surface area contributed by atoms with Gasteiger partial charge in [-0.2, -0.15) is 0 Å². The molecule has 1 aromatic heterocycles. The highest BCUT2D eigenvalue weighted by Crippen LogP contribution is 2.41. The first-order valence-electron chi connectivity index (χ1n) is 4.99. The molecule has 1 fully saturated rings. The van der Waals surface area contributed by atoms with Crippen molar-refractivity contribution in [2.75, 3.05) is 6.61 Å². The van der Waals surface area contributed by atoms with Gasteiger partial charge in [0.15, 0.2) is 0 Å². The van der Waals surface area contributed by atoms with Crippen LogP contribution in [0, 0.1) is 6.92 Å². The summed E-state index contributed by atoms with van der Waals surface area (Å²) in [5.41, 5.74) is 0.578. The second kappa shape index (κ2) is 3.48. The van der Waals surface area contributed by atoms with E-state index in [1.807, 2.05) is 6.07 Å². The molecule has 0 unspecified atom stereocenters. The molecule has 0 aliphatic heterocycles. The molecule has 1 aliphatic rings. The fourth-order valence-electron chi connectivity index (χ4n) is 1.49. The zero-order chi connectivity index (χ0) is 10.1. The zero-order valence-electron chi connectivity index (χ0n) is 8.50. The number of furan rings is 1. The Morgan fingerprint density at radius 2 is 2.36 bits per heavy atom. The lowest BCUT2D eigenvalue weighted by Gasteiger charge is -1.97. The van der Waals surface area contributed by atoms with Gasteiger partial charge in [0.2, 0.25) is 0 Å². The molecule has 1 aliphatic carbocycles. The van der Waals surface area contributed by atoms with E-state index in [1.54, 1.807) is 13.8 Å². The van der Waals surface area contributed by atoms with E-state index in [2.05, 4.69) is 0 Å². The summed E-state index contributed by atoms with van der Waals surface area (Å²) >= 11 is 0. The van der Waals surface area contributed by atoms with E-state index in [0.717, 1.165) is 5.76 Å². The van der Waals surface area contributed by atoms with Gasteiger partial charge in [-0.1, -0.05) is 0 Å². The number of hydrogen-bond acceptors (Lipinski definition) is 3. The van der Waals surface area contributed by atoms with Gasteiger partial charge in [0, 0.05) is 5.92 Å². The summed E-state index contributed by atoms with van der Waals surface area (Å²) in [6.07, 6.45) is 2.35. The summed E-state index contributed by atoms with van der Waals surface area (Å²) in [6.45, 7) is 4.01. The Kier molecular flexibility index (Phi) is 2.32. The quantitative estimate of drug-likeness (QED) is 0.694. The smallest absolute Gasteiger partial charge is 0.341 e. The highest BCUT2D eigenvalue weighted by atomic mass is 16.5. The minimum atomic E-state index is -0.277. The molecule has 76 valence electrons. The summed E-state index contributed by atoms with van der Waals surface area (Å²) in [7, 11) is 0. The van der Waals surface area contributed by atoms with Crippen LogP contribution in [0.15, 0.2) is 10.5 Å². The highest BCUT2D eigenvalue weighted by molar-refractivity contribution is 5.90. The predicted molar refractivity (Wildman–Crippen MR) is 51.4 cm³/mol. The molecule has 1 saturated carbocycles. The maximum atomic E-state index is 11.4. The topological polar surface area (TPSA) is 39.4 Å². The summed E-state index contributed by atoms with van der Waals surface area (Å²) < 4.78 is 10.4. The van der Waals surface area contributed by atoms with Crippen LogP contribution in [-0.4, -0.2) is 12.6 Å². The van der Waals surface area contributed by atoms with Crippen LogP contribution in [0.5, 0.6) is 0 Å². The van der Waals surface area contributed by atoms with Crippen molar-refractivity contribution in [3.05, 3.63) is 23.2 Å². The number of carbonyl (C=O) groups is 1. The third kappa shape index (κ3) is 1.67. The molecule has 3 heteroatoms. The summed E-state index contributed by atoms with van der Waals surface area (Å²) in [5, 5.41) is 0. The molecule has 0 N–H and O–H groups in total. The van der Waals surface area contributed by atoms with Crippen LogP contribution >= 0.6 is 0 Å². The molecule has 0 radical (unpaired) electrons. The van der Waals surface area contributed by atoms with Crippen LogP contribution in [-0.2, 0) is 4.74 Å². The van der Waals surface area contributed by atoms with E-state index in [9.17, 15) is 4.79 Å². The van der Waals surface area contributed by atoms with Gasteiger partial charge >= 0.3 is 5.97 Å². The fraction of sp³-hybridized carbons (Fsp3) is 0.545. The Morgan fingerprint density at radius 3 is 2.93 bits per heavy atom. The lowest BCUT2D eigenvalue weighted by molar-refractivity contribution is 0.0524. The number of ether oxygens (including phenoxy) is 1. The van der Waals surface area contributed by atoms with Crippen LogP contribution in [0.25, 0.3) is 0 Å². The van der Waals surface area contributed by atoms with Gasteiger partial charge in [-0.3, -0.25) is 0 Å². The van der Waals surface area contributed by atoms with Crippen molar-refractivity contribution < 1.29 is 13.9 Å². The molecule has 0 spiro atoms. The standard InChI is InChI=1S/C11H14O3/c1-3-13-11(12)9-6-10(8-4-5-8)14-7(9)2/h6,8H,3-5H2,1-2H3. The molecule has 0 amide bonds. The van der Waals surface area contributed by atoms with Crippen molar-refractivity contribution in [3.8, 4) is 0 Å².